The number of hydrogen-bond donors (Lipinski definition) is 2. The number of sulfonamides is 1. The van der Waals surface area contributed by atoms with Crippen LogP contribution in [-0.2, 0) is 10.0 Å². The zero-order valence-electron chi connectivity index (χ0n) is 13.1. The Morgan fingerprint density at radius 3 is 2.65 bits per heavy atom. The van der Waals surface area contributed by atoms with E-state index in [4.69, 9.17) is 0 Å². The second-order valence-electron chi connectivity index (χ2n) is 5.72. The van der Waals surface area contributed by atoms with Gasteiger partial charge in [0.05, 0.1) is 9.82 Å². The van der Waals surface area contributed by atoms with Crippen molar-refractivity contribution in [1.29, 1.82) is 0 Å². The lowest BCUT2D eigenvalue weighted by Gasteiger charge is -2.28. The molecule has 0 amide bonds. The Morgan fingerprint density at radius 2 is 2.13 bits per heavy atom. The fraction of sp³-hybridized carbons (Fsp3) is 0.571. The molecule has 7 nitrogen and oxygen atoms in total. The molecule has 0 spiro atoms. The molecule has 2 rings (SSSR count). The summed E-state index contributed by atoms with van der Waals surface area (Å²) in [4.78, 5) is 10.3. The second kappa shape index (κ2) is 8.05. The van der Waals surface area contributed by atoms with E-state index >= 15 is 0 Å². The van der Waals surface area contributed by atoms with E-state index in [2.05, 4.69) is 10.0 Å². The first kappa shape index (κ1) is 19.8. The minimum atomic E-state index is -3.68. The van der Waals surface area contributed by atoms with Gasteiger partial charge < -0.3 is 5.32 Å². The highest BCUT2D eigenvalue weighted by Gasteiger charge is 2.26. The highest BCUT2D eigenvalue weighted by molar-refractivity contribution is 7.89. The molecule has 130 valence electrons. The Balaban J connectivity index is 0.00000264. The summed E-state index contributed by atoms with van der Waals surface area (Å²) >= 11 is 0. The van der Waals surface area contributed by atoms with Crippen LogP contribution in [0.5, 0.6) is 0 Å². The van der Waals surface area contributed by atoms with Crippen molar-refractivity contribution in [2.24, 2.45) is 5.92 Å². The number of non-ortho nitro benzene ring substituents is 1. The van der Waals surface area contributed by atoms with Gasteiger partial charge in [-0.2, -0.15) is 0 Å². The Morgan fingerprint density at radius 1 is 1.43 bits per heavy atom. The van der Waals surface area contributed by atoms with Gasteiger partial charge in [-0.15, -0.1) is 12.4 Å². The third-order valence-electron chi connectivity index (χ3n) is 4.04. The summed E-state index contributed by atoms with van der Waals surface area (Å²) in [7, 11) is -3.68. The number of nitrogens with zero attached hydrogens (tertiary/aromatic N) is 1. The summed E-state index contributed by atoms with van der Waals surface area (Å²) < 4.78 is 27.7. The smallest absolute Gasteiger partial charge is 0.269 e. The van der Waals surface area contributed by atoms with E-state index in [1.165, 1.54) is 18.2 Å². The summed E-state index contributed by atoms with van der Waals surface area (Å²) in [6, 6.07) is 3.60. The summed E-state index contributed by atoms with van der Waals surface area (Å²) in [5.74, 6) is 0.252. The number of piperidine rings is 1. The van der Waals surface area contributed by atoms with Crippen LogP contribution in [0.1, 0.15) is 25.3 Å². The summed E-state index contributed by atoms with van der Waals surface area (Å²) in [5, 5.41) is 14.0. The van der Waals surface area contributed by atoms with Crippen LogP contribution in [0, 0.1) is 23.0 Å². The molecule has 0 aliphatic carbocycles. The third-order valence-corrected chi connectivity index (χ3v) is 5.76. The fourth-order valence-corrected chi connectivity index (χ4v) is 4.30. The van der Waals surface area contributed by atoms with Crippen molar-refractivity contribution < 1.29 is 13.3 Å². The second-order valence-corrected chi connectivity index (χ2v) is 7.41. The summed E-state index contributed by atoms with van der Waals surface area (Å²) in [5.41, 5.74) is 0.261. The number of halogens is 1. The molecular formula is C14H22ClN3O4S. The summed E-state index contributed by atoms with van der Waals surface area (Å²) in [6.45, 7) is 5.19. The van der Waals surface area contributed by atoms with Gasteiger partial charge in [0, 0.05) is 18.2 Å². The number of rotatable bonds is 5. The SMILES string of the molecule is Cc1cc([N+](=O)[O-])ccc1S(=O)(=O)NC(C)C1CCCNC1.Cl. The van der Waals surface area contributed by atoms with Crippen LogP contribution >= 0.6 is 12.4 Å². The zero-order valence-corrected chi connectivity index (χ0v) is 14.7. The van der Waals surface area contributed by atoms with E-state index < -0.39 is 14.9 Å². The maximum Gasteiger partial charge on any atom is 0.269 e. The predicted octanol–water partition coefficient (Wildman–Crippen LogP) is 1.99. The van der Waals surface area contributed by atoms with Gasteiger partial charge in [-0.3, -0.25) is 10.1 Å². The minimum absolute atomic E-state index is 0. The van der Waals surface area contributed by atoms with Crippen molar-refractivity contribution in [1.82, 2.24) is 10.0 Å². The van der Waals surface area contributed by atoms with Crippen LogP contribution in [-0.4, -0.2) is 32.5 Å². The van der Waals surface area contributed by atoms with E-state index in [1.807, 2.05) is 6.92 Å². The lowest BCUT2D eigenvalue weighted by atomic mass is 9.94. The van der Waals surface area contributed by atoms with Crippen molar-refractivity contribution in [3.63, 3.8) is 0 Å². The zero-order chi connectivity index (χ0) is 16.3. The van der Waals surface area contributed by atoms with Crippen LogP contribution in [0.15, 0.2) is 23.1 Å². The molecule has 1 saturated heterocycles. The molecule has 1 aromatic carbocycles. The average Bonchev–Trinajstić information content (AvgIpc) is 2.47. The summed E-state index contributed by atoms with van der Waals surface area (Å²) in [6.07, 6.45) is 2.02. The van der Waals surface area contributed by atoms with E-state index in [0.29, 0.717) is 5.56 Å². The molecule has 0 saturated carbocycles. The molecule has 9 heteroatoms. The normalized spacial score (nSPS) is 19.7. The monoisotopic (exact) mass is 363 g/mol. The number of aryl methyl sites for hydroxylation is 1. The average molecular weight is 364 g/mol. The molecule has 0 aromatic heterocycles. The molecule has 1 aliphatic rings. The van der Waals surface area contributed by atoms with Crippen LogP contribution in [0.3, 0.4) is 0 Å². The van der Waals surface area contributed by atoms with Crippen molar-refractivity contribution in [2.45, 2.75) is 37.6 Å². The van der Waals surface area contributed by atoms with Gasteiger partial charge in [-0.05, 0) is 57.3 Å². The first-order chi connectivity index (χ1) is 10.3. The molecule has 0 radical (unpaired) electrons. The largest absolute Gasteiger partial charge is 0.316 e. The van der Waals surface area contributed by atoms with E-state index in [0.717, 1.165) is 25.9 Å². The molecule has 1 aliphatic heterocycles. The standard InChI is InChI=1S/C14H21N3O4S.ClH/c1-10-8-13(17(18)19)5-6-14(10)22(20,21)16-11(2)12-4-3-7-15-9-12;/h5-6,8,11-12,15-16H,3-4,7,9H2,1-2H3;1H. The van der Waals surface area contributed by atoms with Crippen LogP contribution in [0.25, 0.3) is 0 Å². The molecular weight excluding hydrogens is 342 g/mol. The third kappa shape index (κ3) is 4.87. The first-order valence-electron chi connectivity index (χ1n) is 7.29. The number of nitrogens with one attached hydrogen (secondary N) is 2. The molecule has 1 heterocycles. The molecule has 2 atom stereocenters. The Bertz CT molecular complexity index is 660. The van der Waals surface area contributed by atoms with Crippen LogP contribution < -0.4 is 10.0 Å². The van der Waals surface area contributed by atoms with Gasteiger partial charge in [0.25, 0.3) is 5.69 Å². The van der Waals surface area contributed by atoms with Gasteiger partial charge >= 0.3 is 0 Å². The maximum atomic E-state index is 12.5. The van der Waals surface area contributed by atoms with E-state index in [1.54, 1.807) is 6.92 Å². The first-order valence-corrected chi connectivity index (χ1v) is 8.77. The quantitative estimate of drug-likeness (QED) is 0.615. The fourth-order valence-electron chi connectivity index (χ4n) is 2.76. The minimum Gasteiger partial charge on any atom is -0.316 e. The highest BCUT2D eigenvalue weighted by Crippen LogP contribution is 2.22. The lowest BCUT2D eigenvalue weighted by Crippen LogP contribution is -2.44. The van der Waals surface area contributed by atoms with E-state index in [-0.39, 0.29) is 34.9 Å². The Hall–Kier alpha value is -1.22. The van der Waals surface area contributed by atoms with Crippen LogP contribution in [0.2, 0.25) is 0 Å². The number of hydrogen-bond acceptors (Lipinski definition) is 5. The van der Waals surface area contributed by atoms with E-state index in [9.17, 15) is 18.5 Å². The molecule has 2 N–H and O–H groups in total. The van der Waals surface area contributed by atoms with Crippen molar-refractivity contribution in [3.05, 3.63) is 33.9 Å². The molecule has 1 fully saturated rings. The Kier molecular flexibility index (Phi) is 6.94. The maximum absolute atomic E-state index is 12.5. The van der Waals surface area contributed by atoms with Gasteiger partial charge in [0.1, 0.15) is 0 Å². The van der Waals surface area contributed by atoms with Gasteiger partial charge in [0.15, 0.2) is 0 Å². The van der Waals surface area contributed by atoms with Crippen molar-refractivity contribution in [3.8, 4) is 0 Å². The lowest BCUT2D eigenvalue weighted by molar-refractivity contribution is -0.385. The molecule has 2 unspecified atom stereocenters. The predicted molar refractivity (Wildman–Crippen MR) is 90.5 cm³/mol. The van der Waals surface area contributed by atoms with Crippen molar-refractivity contribution >= 4 is 28.1 Å². The van der Waals surface area contributed by atoms with Crippen molar-refractivity contribution in [2.75, 3.05) is 13.1 Å². The molecule has 0 bridgehead atoms. The Labute approximate surface area is 142 Å². The molecule has 23 heavy (non-hydrogen) atoms. The topological polar surface area (TPSA) is 101 Å². The number of nitro benzene ring substituents is 1. The van der Waals surface area contributed by atoms with Gasteiger partial charge in [0.2, 0.25) is 10.0 Å². The number of nitro groups is 1. The van der Waals surface area contributed by atoms with Crippen LogP contribution in [0.4, 0.5) is 5.69 Å². The van der Waals surface area contributed by atoms with Gasteiger partial charge in [-0.1, -0.05) is 0 Å². The highest BCUT2D eigenvalue weighted by atomic mass is 35.5. The van der Waals surface area contributed by atoms with Gasteiger partial charge in [-0.25, -0.2) is 13.1 Å². The number of benzene rings is 1. The molecule has 1 aromatic rings.